The Bertz CT molecular complexity index is 285. The van der Waals surface area contributed by atoms with E-state index in [1.54, 1.807) is 6.92 Å². The summed E-state index contributed by atoms with van der Waals surface area (Å²) in [5.41, 5.74) is 10.3. The number of rotatable bonds is 3. The molecule has 0 bridgehead atoms. The number of hydrogen-bond acceptors (Lipinski definition) is 5. The standard InChI is InChI=1S/C5H9N5OS/c1-2(3(6)11)12-5-8-4(7)9-10-5/h2H,1H3,(H2,6,11)(H3,7,8,9,10). The van der Waals surface area contributed by atoms with E-state index in [0.717, 1.165) is 11.8 Å². The van der Waals surface area contributed by atoms with Gasteiger partial charge in [-0.1, -0.05) is 11.8 Å². The number of anilines is 1. The monoisotopic (exact) mass is 187 g/mol. The average molecular weight is 187 g/mol. The normalized spacial score (nSPS) is 12.8. The second-order valence-electron chi connectivity index (χ2n) is 2.17. The van der Waals surface area contributed by atoms with Gasteiger partial charge in [0.05, 0.1) is 5.25 Å². The summed E-state index contributed by atoms with van der Waals surface area (Å²) in [7, 11) is 0. The van der Waals surface area contributed by atoms with Crippen LogP contribution in [0.1, 0.15) is 6.92 Å². The SMILES string of the molecule is CC(Sc1n[nH]c(N)n1)C(N)=O. The molecule has 0 fully saturated rings. The van der Waals surface area contributed by atoms with E-state index in [2.05, 4.69) is 15.2 Å². The fourth-order valence-corrected chi connectivity index (χ4v) is 1.21. The van der Waals surface area contributed by atoms with E-state index in [9.17, 15) is 4.79 Å². The van der Waals surface area contributed by atoms with Crippen molar-refractivity contribution >= 4 is 23.6 Å². The smallest absolute Gasteiger partial charge is 0.230 e. The molecule has 1 rings (SSSR count). The van der Waals surface area contributed by atoms with Crippen molar-refractivity contribution in [2.45, 2.75) is 17.3 Å². The lowest BCUT2D eigenvalue weighted by Crippen LogP contribution is -2.22. The van der Waals surface area contributed by atoms with Crippen molar-refractivity contribution in [3.8, 4) is 0 Å². The summed E-state index contributed by atoms with van der Waals surface area (Å²) in [6.45, 7) is 1.68. The Hall–Kier alpha value is -1.24. The number of aromatic amines is 1. The summed E-state index contributed by atoms with van der Waals surface area (Å²) < 4.78 is 0. The first-order valence-electron chi connectivity index (χ1n) is 3.23. The van der Waals surface area contributed by atoms with Gasteiger partial charge in [-0.05, 0) is 6.92 Å². The molecule has 0 aliphatic heterocycles. The lowest BCUT2D eigenvalue weighted by atomic mass is 10.5. The van der Waals surface area contributed by atoms with Gasteiger partial charge in [-0.25, -0.2) is 5.10 Å². The largest absolute Gasteiger partial charge is 0.369 e. The van der Waals surface area contributed by atoms with Gasteiger partial charge in [0.15, 0.2) is 0 Å². The van der Waals surface area contributed by atoms with Crippen LogP contribution in [0.3, 0.4) is 0 Å². The Morgan fingerprint density at radius 3 is 2.83 bits per heavy atom. The number of carbonyl (C=O) groups is 1. The number of nitrogens with one attached hydrogen (secondary N) is 1. The molecule has 0 saturated heterocycles. The number of primary amides is 1. The van der Waals surface area contributed by atoms with Gasteiger partial charge in [-0.15, -0.1) is 5.10 Å². The van der Waals surface area contributed by atoms with Crippen LogP contribution in [0.4, 0.5) is 5.95 Å². The molecule has 66 valence electrons. The van der Waals surface area contributed by atoms with Gasteiger partial charge >= 0.3 is 0 Å². The summed E-state index contributed by atoms with van der Waals surface area (Å²) in [6.07, 6.45) is 0. The van der Waals surface area contributed by atoms with Crippen LogP contribution in [-0.4, -0.2) is 26.3 Å². The van der Waals surface area contributed by atoms with Crippen molar-refractivity contribution in [2.24, 2.45) is 5.73 Å². The fraction of sp³-hybridized carbons (Fsp3) is 0.400. The van der Waals surface area contributed by atoms with Crippen LogP contribution in [0.15, 0.2) is 5.16 Å². The average Bonchev–Trinajstić information content (AvgIpc) is 2.35. The van der Waals surface area contributed by atoms with Gasteiger partial charge in [0.25, 0.3) is 0 Å². The van der Waals surface area contributed by atoms with E-state index in [0.29, 0.717) is 5.16 Å². The van der Waals surface area contributed by atoms with Crippen LogP contribution >= 0.6 is 11.8 Å². The minimum atomic E-state index is -0.400. The Balaban J connectivity index is 2.58. The van der Waals surface area contributed by atoms with Crippen LogP contribution in [0, 0.1) is 0 Å². The predicted molar refractivity (Wildman–Crippen MR) is 45.3 cm³/mol. The first-order valence-corrected chi connectivity index (χ1v) is 4.11. The van der Waals surface area contributed by atoms with E-state index in [4.69, 9.17) is 11.5 Å². The predicted octanol–water partition coefficient (Wildman–Crippen LogP) is -0.647. The second-order valence-corrected chi connectivity index (χ2v) is 3.47. The van der Waals surface area contributed by atoms with Gasteiger partial charge in [0.1, 0.15) is 0 Å². The van der Waals surface area contributed by atoms with Crippen molar-refractivity contribution in [2.75, 3.05) is 5.73 Å². The van der Waals surface area contributed by atoms with Crippen LogP contribution in [0.2, 0.25) is 0 Å². The second kappa shape index (κ2) is 3.44. The molecule has 0 saturated carbocycles. The number of nitrogens with zero attached hydrogens (tertiary/aromatic N) is 2. The summed E-state index contributed by atoms with van der Waals surface area (Å²) in [5, 5.41) is 6.27. The molecule has 0 spiro atoms. The molecule has 12 heavy (non-hydrogen) atoms. The Morgan fingerprint density at radius 1 is 1.75 bits per heavy atom. The summed E-state index contributed by atoms with van der Waals surface area (Å²) in [4.78, 5) is 14.4. The first-order chi connectivity index (χ1) is 5.59. The lowest BCUT2D eigenvalue weighted by molar-refractivity contribution is -0.117. The van der Waals surface area contributed by atoms with Crippen LogP contribution < -0.4 is 11.5 Å². The first kappa shape index (κ1) is 8.85. The maximum absolute atomic E-state index is 10.6. The number of amides is 1. The zero-order valence-electron chi connectivity index (χ0n) is 6.44. The molecule has 1 aromatic heterocycles. The maximum atomic E-state index is 10.6. The Kier molecular flexibility index (Phi) is 2.54. The van der Waals surface area contributed by atoms with E-state index in [1.807, 2.05) is 0 Å². The van der Waals surface area contributed by atoms with Crippen LogP contribution in [0.25, 0.3) is 0 Å². The molecule has 1 heterocycles. The molecule has 0 aliphatic rings. The van der Waals surface area contributed by atoms with Crippen molar-refractivity contribution in [1.82, 2.24) is 15.2 Å². The minimum absolute atomic E-state index is 0.231. The van der Waals surface area contributed by atoms with Crippen molar-refractivity contribution in [3.05, 3.63) is 0 Å². The molecule has 0 radical (unpaired) electrons. The van der Waals surface area contributed by atoms with E-state index < -0.39 is 5.91 Å². The highest BCUT2D eigenvalue weighted by Gasteiger charge is 2.12. The van der Waals surface area contributed by atoms with Gasteiger partial charge in [0.2, 0.25) is 17.0 Å². The van der Waals surface area contributed by atoms with Gasteiger partial charge < -0.3 is 11.5 Å². The Morgan fingerprint density at radius 2 is 2.42 bits per heavy atom. The number of thioether (sulfide) groups is 1. The van der Waals surface area contributed by atoms with Crippen LogP contribution in [0.5, 0.6) is 0 Å². The highest BCUT2D eigenvalue weighted by atomic mass is 32.2. The van der Waals surface area contributed by atoms with Gasteiger partial charge in [0, 0.05) is 0 Å². The topological polar surface area (TPSA) is 111 Å². The number of carbonyl (C=O) groups excluding carboxylic acids is 1. The van der Waals surface area contributed by atoms with Crippen molar-refractivity contribution in [3.63, 3.8) is 0 Å². The number of aromatic nitrogens is 3. The molecule has 1 amide bonds. The summed E-state index contributed by atoms with van der Waals surface area (Å²) in [5.74, 6) is -0.169. The summed E-state index contributed by atoms with van der Waals surface area (Å²) >= 11 is 1.16. The fourth-order valence-electron chi connectivity index (χ4n) is 0.527. The highest BCUT2D eigenvalue weighted by Crippen LogP contribution is 2.18. The quantitative estimate of drug-likeness (QED) is 0.545. The molecule has 7 heteroatoms. The molecular weight excluding hydrogens is 178 g/mol. The zero-order chi connectivity index (χ0) is 9.14. The van der Waals surface area contributed by atoms with Gasteiger partial charge in [-0.2, -0.15) is 4.98 Å². The number of nitrogens with two attached hydrogens (primary N) is 2. The van der Waals surface area contributed by atoms with E-state index in [1.165, 1.54) is 0 Å². The molecule has 6 nitrogen and oxygen atoms in total. The van der Waals surface area contributed by atoms with Crippen LogP contribution in [-0.2, 0) is 4.79 Å². The molecule has 5 N–H and O–H groups in total. The maximum Gasteiger partial charge on any atom is 0.230 e. The van der Waals surface area contributed by atoms with Gasteiger partial charge in [-0.3, -0.25) is 4.79 Å². The molecule has 1 aromatic rings. The number of H-pyrrole nitrogens is 1. The molecule has 0 aromatic carbocycles. The van der Waals surface area contributed by atoms with E-state index >= 15 is 0 Å². The minimum Gasteiger partial charge on any atom is -0.369 e. The third-order valence-electron chi connectivity index (χ3n) is 1.17. The van der Waals surface area contributed by atoms with Crippen molar-refractivity contribution < 1.29 is 4.79 Å². The zero-order valence-corrected chi connectivity index (χ0v) is 7.26. The third kappa shape index (κ3) is 2.12. The van der Waals surface area contributed by atoms with E-state index in [-0.39, 0.29) is 11.2 Å². The molecule has 1 unspecified atom stereocenters. The number of hydrogen-bond donors (Lipinski definition) is 3. The molecular formula is C5H9N5OS. The lowest BCUT2D eigenvalue weighted by Gasteiger charge is -2.00. The summed E-state index contributed by atoms with van der Waals surface area (Å²) in [6, 6.07) is 0. The molecule has 1 atom stereocenters. The Labute approximate surface area is 73.1 Å². The highest BCUT2D eigenvalue weighted by molar-refractivity contribution is 8.00. The number of nitrogen functional groups attached to an aromatic ring is 1. The molecule has 0 aliphatic carbocycles. The van der Waals surface area contributed by atoms with Crippen molar-refractivity contribution in [1.29, 1.82) is 0 Å². The third-order valence-corrected chi connectivity index (χ3v) is 2.14.